The Hall–Kier alpha value is -2.13. The third-order valence-electron chi connectivity index (χ3n) is 5.44. The summed E-state index contributed by atoms with van der Waals surface area (Å²) in [6.45, 7) is 13.0. The molecule has 1 aromatic heterocycles. The van der Waals surface area contributed by atoms with Gasteiger partial charge < -0.3 is 0 Å². The third kappa shape index (κ3) is 4.30. The van der Waals surface area contributed by atoms with E-state index in [1.807, 2.05) is 0 Å². The van der Waals surface area contributed by atoms with Gasteiger partial charge in [0.1, 0.15) is 8.07 Å². The molecule has 2 nitrogen and oxygen atoms in total. The van der Waals surface area contributed by atoms with Crippen LogP contribution < -0.4 is 0 Å². The topological polar surface area (TPSA) is 25.8 Å². The zero-order chi connectivity index (χ0) is 21.1. The first kappa shape index (κ1) is 22.2. The van der Waals surface area contributed by atoms with Crippen LogP contribution in [0.4, 0.5) is 13.2 Å². The van der Waals surface area contributed by atoms with Gasteiger partial charge in [0.25, 0.3) is 0 Å². The fourth-order valence-corrected chi connectivity index (χ4v) is 9.39. The molecule has 0 aliphatic carbocycles. The zero-order valence-electron chi connectivity index (χ0n) is 17.2. The summed E-state index contributed by atoms with van der Waals surface area (Å²) in [4.78, 5) is 8.13. The normalized spacial score (nSPS) is 12.4. The molecule has 0 radical (unpaired) electrons. The molecule has 0 atom stereocenters. The molecule has 0 bridgehead atoms. The number of halogens is 3. The van der Waals surface area contributed by atoms with Gasteiger partial charge in [-0.2, -0.15) is 13.2 Å². The highest BCUT2D eigenvalue weighted by molar-refractivity contribution is 6.90. The first-order chi connectivity index (χ1) is 13.0. The molecular weight excluding hydrogens is 377 g/mol. The third-order valence-corrected chi connectivity index (χ3v) is 11.7. The van der Waals surface area contributed by atoms with Crippen molar-refractivity contribution in [2.24, 2.45) is 0 Å². The maximum absolute atomic E-state index is 13.7. The minimum atomic E-state index is -4.51. The van der Waals surface area contributed by atoms with Crippen LogP contribution >= 0.6 is 0 Å². The fraction of sp³-hybridized carbons (Fsp3) is 0.455. The van der Waals surface area contributed by atoms with Gasteiger partial charge in [-0.05, 0) is 34.8 Å². The number of aromatic nitrogens is 2. The summed E-state index contributed by atoms with van der Waals surface area (Å²) in [6.07, 6.45) is -1.61. The quantitative estimate of drug-likeness (QED) is 0.417. The van der Waals surface area contributed by atoms with E-state index in [4.69, 9.17) is 0 Å². The number of nitrogens with zero attached hydrogens (tertiary/aromatic N) is 2. The number of benzene rings is 1. The van der Waals surface area contributed by atoms with Crippen LogP contribution in [0.5, 0.6) is 0 Å². The Morgan fingerprint density at radius 2 is 1.39 bits per heavy atom. The minimum Gasteiger partial charge on any atom is -0.237 e. The summed E-state index contributed by atoms with van der Waals surface area (Å²) < 4.78 is 41.0. The molecule has 0 fully saturated rings. The lowest BCUT2D eigenvalue weighted by Gasteiger charge is -2.38. The lowest BCUT2D eigenvalue weighted by molar-refractivity contribution is -0.137. The van der Waals surface area contributed by atoms with Crippen molar-refractivity contribution < 1.29 is 13.2 Å². The average Bonchev–Trinajstić information content (AvgIpc) is 2.61. The smallest absolute Gasteiger partial charge is 0.237 e. The maximum Gasteiger partial charge on any atom is 0.417 e. The number of hydrogen-bond acceptors (Lipinski definition) is 2. The molecular formula is C22H27F3N2Si. The van der Waals surface area contributed by atoms with Crippen LogP contribution in [0.2, 0.25) is 16.6 Å². The van der Waals surface area contributed by atoms with E-state index in [9.17, 15) is 13.2 Å². The molecule has 1 heterocycles. The van der Waals surface area contributed by atoms with E-state index >= 15 is 0 Å². The van der Waals surface area contributed by atoms with E-state index in [1.54, 1.807) is 12.1 Å². The Labute approximate surface area is 166 Å². The monoisotopic (exact) mass is 404 g/mol. The first-order valence-electron chi connectivity index (χ1n) is 9.52. The lowest BCUT2D eigenvalue weighted by atomic mass is 10.00. The van der Waals surface area contributed by atoms with Gasteiger partial charge in [0, 0.05) is 23.5 Å². The summed E-state index contributed by atoms with van der Waals surface area (Å²) in [6, 6.07) is 5.69. The van der Waals surface area contributed by atoms with E-state index in [0.29, 0.717) is 22.2 Å². The van der Waals surface area contributed by atoms with Gasteiger partial charge >= 0.3 is 6.18 Å². The molecule has 1 aromatic carbocycles. The highest BCUT2D eigenvalue weighted by Gasteiger charge is 2.42. The van der Waals surface area contributed by atoms with Gasteiger partial charge in [0.15, 0.2) is 5.82 Å². The number of hydrogen-bond donors (Lipinski definition) is 0. The molecule has 28 heavy (non-hydrogen) atoms. The number of rotatable bonds is 4. The molecule has 0 unspecified atom stereocenters. The number of alkyl halides is 3. The maximum atomic E-state index is 13.7. The van der Waals surface area contributed by atoms with Gasteiger partial charge in [-0.3, -0.25) is 0 Å². The van der Waals surface area contributed by atoms with Gasteiger partial charge in [-0.1, -0.05) is 53.5 Å². The zero-order valence-corrected chi connectivity index (χ0v) is 18.2. The lowest BCUT2D eigenvalue weighted by Crippen LogP contribution is -2.43. The molecule has 0 saturated heterocycles. The molecule has 0 saturated carbocycles. The summed E-state index contributed by atoms with van der Waals surface area (Å²) in [5.41, 5.74) is 4.22. The Kier molecular flexibility index (Phi) is 6.71. The van der Waals surface area contributed by atoms with E-state index in [-0.39, 0.29) is 11.4 Å². The summed E-state index contributed by atoms with van der Waals surface area (Å²) in [5, 5.41) is 0. The van der Waals surface area contributed by atoms with Gasteiger partial charge in [0.2, 0.25) is 0 Å². The van der Waals surface area contributed by atoms with Gasteiger partial charge in [-0.25, -0.2) is 9.97 Å². The molecule has 150 valence electrons. The highest BCUT2D eigenvalue weighted by Crippen LogP contribution is 2.41. The van der Waals surface area contributed by atoms with Crippen molar-refractivity contribution in [1.29, 1.82) is 0 Å². The standard InChI is InChI=1S/C22H27F3N2Si/c1-15(2)28(16(3)4,17(5)6)14-11-18-9-7-10-19(22(23,24)25)20(18)21-26-12-8-13-27-21/h7-10,12-13,15-17H,1-6H3. The molecule has 0 amide bonds. The first-order valence-corrected chi connectivity index (χ1v) is 11.8. The Morgan fingerprint density at radius 1 is 0.857 bits per heavy atom. The molecule has 0 aliphatic rings. The summed E-state index contributed by atoms with van der Waals surface area (Å²) in [5.74, 6) is 3.19. The van der Waals surface area contributed by atoms with Crippen LogP contribution in [0.3, 0.4) is 0 Å². The average molecular weight is 405 g/mol. The Bertz CT molecular complexity index is 841. The minimum absolute atomic E-state index is 0.0396. The largest absolute Gasteiger partial charge is 0.417 e. The highest BCUT2D eigenvalue weighted by atomic mass is 28.3. The SMILES string of the molecule is CC(C)[Si](C#Cc1cccc(C(F)(F)F)c1-c1ncccn1)(C(C)C)C(C)C. The Balaban J connectivity index is 2.77. The van der Waals surface area contributed by atoms with Crippen molar-refractivity contribution in [3.05, 3.63) is 47.8 Å². The molecule has 0 N–H and O–H groups in total. The second-order valence-electron chi connectivity index (χ2n) is 7.95. The van der Waals surface area contributed by atoms with Crippen LogP contribution in [0, 0.1) is 11.5 Å². The van der Waals surface area contributed by atoms with E-state index in [2.05, 4.69) is 63.0 Å². The second kappa shape index (κ2) is 8.48. The van der Waals surface area contributed by atoms with Crippen molar-refractivity contribution >= 4 is 8.07 Å². The van der Waals surface area contributed by atoms with Crippen LogP contribution in [-0.4, -0.2) is 18.0 Å². The van der Waals surface area contributed by atoms with Crippen molar-refractivity contribution in [2.75, 3.05) is 0 Å². The van der Waals surface area contributed by atoms with Crippen LogP contribution in [0.1, 0.15) is 52.7 Å². The summed E-state index contributed by atoms with van der Waals surface area (Å²) in [7, 11) is -2.08. The van der Waals surface area contributed by atoms with Gasteiger partial charge in [0.05, 0.1) is 5.56 Å². The Morgan fingerprint density at radius 3 is 1.86 bits per heavy atom. The molecule has 2 aromatic rings. The fourth-order valence-electron chi connectivity index (χ4n) is 4.17. The van der Waals surface area contributed by atoms with E-state index in [1.165, 1.54) is 18.5 Å². The molecule has 6 heteroatoms. The predicted molar refractivity (Wildman–Crippen MR) is 110 cm³/mol. The van der Waals surface area contributed by atoms with Crippen molar-refractivity contribution in [3.8, 4) is 22.9 Å². The van der Waals surface area contributed by atoms with Crippen molar-refractivity contribution in [3.63, 3.8) is 0 Å². The van der Waals surface area contributed by atoms with Crippen LogP contribution in [-0.2, 0) is 6.18 Å². The van der Waals surface area contributed by atoms with Crippen LogP contribution in [0.25, 0.3) is 11.4 Å². The van der Waals surface area contributed by atoms with E-state index in [0.717, 1.165) is 6.07 Å². The molecule has 2 rings (SSSR count). The molecule has 0 spiro atoms. The van der Waals surface area contributed by atoms with Crippen LogP contribution in [0.15, 0.2) is 36.7 Å². The summed E-state index contributed by atoms with van der Waals surface area (Å²) >= 11 is 0. The van der Waals surface area contributed by atoms with Crippen molar-refractivity contribution in [1.82, 2.24) is 9.97 Å². The predicted octanol–water partition coefficient (Wildman–Crippen LogP) is 6.73. The van der Waals surface area contributed by atoms with E-state index < -0.39 is 19.8 Å². The van der Waals surface area contributed by atoms with Crippen molar-refractivity contribution in [2.45, 2.75) is 64.3 Å². The second-order valence-corrected chi connectivity index (χ2v) is 13.5. The molecule has 0 aliphatic heterocycles. The van der Waals surface area contributed by atoms with Gasteiger partial charge in [-0.15, -0.1) is 5.54 Å².